The molecule has 2 rings (SSSR count). The van der Waals surface area contributed by atoms with Crippen molar-refractivity contribution < 1.29 is 13.5 Å². The molecule has 4 nitrogen and oxygen atoms in total. The van der Waals surface area contributed by atoms with E-state index in [9.17, 15) is 8.78 Å². The molecule has 2 N–H and O–H groups in total. The lowest BCUT2D eigenvalue weighted by Gasteiger charge is -2.06. The zero-order valence-corrected chi connectivity index (χ0v) is 10.3. The maximum atomic E-state index is 13.0. The summed E-state index contributed by atoms with van der Waals surface area (Å²) in [5, 5.41) is 0. The topological polar surface area (TPSA) is 61.0 Å². The lowest BCUT2D eigenvalue weighted by Crippen LogP contribution is -2.17. The van der Waals surface area contributed by atoms with Gasteiger partial charge in [-0.3, -0.25) is 0 Å². The minimum atomic E-state index is -0.719. The average molecular weight is 265 g/mol. The molecule has 6 heteroatoms. The Hall–Kier alpha value is -2.08. The zero-order valence-electron chi connectivity index (χ0n) is 10.3. The first kappa shape index (κ1) is 13.4. The Labute approximate surface area is 109 Å². The van der Waals surface area contributed by atoms with Gasteiger partial charge in [-0.25, -0.2) is 18.7 Å². The Morgan fingerprint density at radius 1 is 1.16 bits per heavy atom. The van der Waals surface area contributed by atoms with Crippen LogP contribution >= 0.6 is 0 Å². The van der Waals surface area contributed by atoms with Crippen LogP contribution in [0.5, 0.6) is 11.8 Å². The van der Waals surface area contributed by atoms with Crippen molar-refractivity contribution in [1.29, 1.82) is 0 Å². The summed E-state index contributed by atoms with van der Waals surface area (Å²) in [6.07, 6.45) is 3.79. The highest BCUT2D eigenvalue weighted by molar-refractivity contribution is 5.26. The number of benzene rings is 1. The molecule has 0 radical (unpaired) electrons. The molecule has 1 unspecified atom stereocenters. The van der Waals surface area contributed by atoms with Crippen molar-refractivity contribution in [3.05, 3.63) is 47.8 Å². The summed E-state index contributed by atoms with van der Waals surface area (Å²) >= 11 is 0. The smallest absolute Gasteiger partial charge is 0.321 e. The molecule has 1 aromatic heterocycles. The first-order valence-electron chi connectivity index (χ1n) is 5.73. The summed E-state index contributed by atoms with van der Waals surface area (Å²) in [4.78, 5) is 7.91. The fraction of sp³-hybridized carbons (Fsp3) is 0.231. The highest BCUT2D eigenvalue weighted by atomic mass is 19.1. The molecule has 0 spiro atoms. The number of nitrogens with two attached hydrogens (primary N) is 1. The van der Waals surface area contributed by atoms with Gasteiger partial charge in [-0.1, -0.05) is 0 Å². The van der Waals surface area contributed by atoms with E-state index in [4.69, 9.17) is 10.5 Å². The standard InChI is InChI=1S/C13H13F2N3O/c1-8(16)2-9-6-17-13(18-7-9)19-12-4-10(14)3-11(15)5-12/h3-8H,2,16H2,1H3. The molecule has 0 aliphatic carbocycles. The Morgan fingerprint density at radius 2 is 1.74 bits per heavy atom. The zero-order chi connectivity index (χ0) is 13.8. The third-order valence-corrected chi connectivity index (χ3v) is 2.28. The first-order valence-corrected chi connectivity index (χ1v) is 5.73. The third-order valence-electron chi connectivity index (χ3n) is 2.28. The van der Waals surface area contributed by atoms with E-state index in [0.29, 0.717) is 6.42 Å². The van der Waals surface area contributed by atoms with Gasteiger partial charge in [0.25, 0.3) is 0 Å². The van der Waals surface area contributed by atoms with Gasteiger partial charge in [-0.05, 0) is 18.9 Å². The summed E-state index contributed by atoms with van der Waals surface area (Å²) in [5.74, 6) is -1.43. The minimum Gasteiger partial charge on any atom is -0.424 e. The van der Waals surface area contributed by atoms with Crippen molar-refractivity contribution in [2.75, 3.05) is 0 Å². The average Bonchev–Trinajstić information content (AvgIpc) is 2.29. The highest BCUT2D eigenvalue weighted by Gasteiger charge is 2.05. The molecule has 0 saturated heterocycles. The fourth-order valence-electron chi connectivity index (χ4n) is 1.57. The van der Waals surface area contributed by atoms with Crippen LogP contribution in [0.2, 0.25) is 0 Å². The molecule has 1 heterocycles. The van der Waals surface area contributed by atoms with Gasteiger partial charge in [0.2, 0.25) is 0 Å². The molecular weight excluding hydrogens is 252 g/mol. The van der Waals surface area contributed by atoms with E-state index in [2.05, 4.69) is 9.97 Å². The third kappa shape index (κ3) is 3.96. The van der Waals surface area contributed by atoms with E-state index < -0.39 is 11.6 Å². The highest BCUT2D eigenvalue weighted by Crippen LogP contribution is 2.20. The summed E-state index contributed by atoms with van der Waals surface area (Å²) in [5.41, 5.74) is 6.52. The molecule has 0 amide bonds. The number of hydrogen-bond acceptors (Lipinski definition) is 4. The molecule has 0 bridgehead atoms. The van der Waals surface area contributed by atoms with Crippen molar-refractivity contribution in [3.8, 4) is 11.8 Å². The van der Waals surface area contributed by atoms with Crippen LogP contribution in [0.4, 0.5) is 8.78 Å². The second kappa shape index (κ2) is 5.71. The summed E-state index contributed by atoms with van der Waals surface area (Å²) in [7, 11) is 0. The fourth-order valence-corrected chi connectivity index (χ4v) is 1.57. The van der Waals surface area contributed by atoms with Gasteiger partial charge in [0.1, 0.15) is 17.4 Å². The monoisotopic (exact) mass is 265 g/mol. The number of aromatic nitrogens is 2. The summed E-state index contributed by atoms with van der Waals surface area (Å²) in [6.45, 7) is 1.87. The van der Waals surface area contributed by atoms with E-state index in [0.717, 1.165) is 23.8 Å². The van der Waals surface area contributed by atoms with Crippen LogP contribution < -0.4 is 10.5 Å². The number of rotatable bonds is 4. The molecule has 1 aromatic carbocycles. The van der Waals surface area contributed by atoms with Crippen molar-refractivity contribution in [2.45, 2.75) is 19.4 Å². The Balaban J connectivity index is 2.10. The maximum Gasteiger partial charge on any atom is 0.321 e. The maximum absolute atomic E-state index is 13.0. The molecular formula is C13H13F2N3O. The van der Waals surface area contributed by atoms with Crippen molar-refractivity contribution in [1.82, 2.24) is 9.97 Å². The predicted molar refractivity (Wildman–Crippen MR) is 65.8 cm³/mol. The van der Waals surface area contributed by atoms with Crippen molar-refractivity contribution >= 4 is 0 Å². The Kier molecular flexibility index (Phi) is 4.01. The second-order valence-corrected chi connectivity index (χ2v) is 4.26. The van der Waals surface area contributed by atoms with Gasteiger partial charge in [-0.2, -0.15) is 0 Å². The lowest BCUT2D eigenvalue weighted by molar-refractivity contribution is 0.431. The molecule has 0 aliphatic heterocycles. The van der Waals surface area contributed by atoms with E-state index >= 15 is 0 Å². The largest absolute Gasteiger partial charge is 0.424 e. The lowest BCUT2D eigenvalue weighted by atomic mass is 10.1. The van der Waals surface area contributed by atoms with Gasteiger partial charge in [-0.15, -0.1) is 0 Å². The van der Waals surface area contributed by atoms with Crippen LogP contribution in [-0.4, -0.2) is 16.0 Å². The predicted octanol–water partition coefficient (Wildman–Crippen LogP) is 2.44. The van der Waals surface area contributed by atoms with E-state index in [-0.39, 0.29) is 17.8 Å². The van der Waals surface area contributed by atoms with Crippen LogP contribution in [0.25, 0.3) is 0 Å². The molecule has 1 atom stereocenters. The number of halogens is 2. The normalized spacial score (nSPS) is 12.2. The van der Waals surface area contributed by atoms with Crippen molar-refractivity contribution in [2.24, 2.45) is 5.73 Å². The SMILES string of the molecule is CC(N)Cc1cnc(Oc2cc(F)cc(F)c2)nc1. The molecule has 2 aromatic rings. The van der Waals surface area contributed by atoms with Gasteiger partial charge < -0.3 is 10.5 Å². The van der Waals surface area contributed by atoms with Crippen LogP contribution in [0.1, 0.15) is 12.5 Å². The van der Waals surface area contributed by atoms with Crippen LogP contribution in [-0.2, 0) is 6.42 Å². The van der Waals surface area contributed by atoms with Gasteiger partial charge in [0, 0.05) is 36.6 Å². The van der Waals surface area contributed by atoms with E-state index in [1.54, 1.807) is 12.4 Å². The van der Waals surface area contributed by atoms with Crippen molar-refractivity contribution in [3.63, 3.8) is 0 Å². The quantitative estimate of drug-likeness (QED) is 0.922. The molecule has 0 aliphatic rings. The molecule has 19 heavy (non-hydrogen) atoms. The molecule has 0 fully saturated rings. The van der Waals surface area contributed by atoms with Gasteiger partial charge >= 0.3 is 6.01 Å². The Morgan fingerprint density at radius 3 is 2.26 bits per heavy atom. The van der Waals surface area contributed by atoms with Crippen LogP contribution in [0.15, 0.2) is 30.6 Å². The van der Waals surface area contributed by atoms with Crippen LogP contribution in [0, 0.1) is 11.6 Å². The number of nitrogens with zero attached hydrogens (tertiary/aromatic N) is 2. The first-order chi connectivity index (χ1) is 9.02. The second-order valence-electron chi connectivity index (χ2n) is 4.26. The summed E-state index contributed by atoms with van der Waals surface area (Å²) < 4.78 is 31.1. The van der Waals surface area contributed by atoms with E-state index in [1.165, 1.54) is 0 Å². The molecule has 100 valence electrons. The van der Waals surface area contributed by atoms with Crippen LogP contribution in [0.3, 0.4) is 0 Å². The summed E-state index contributed by atoms with van der Waals surface area (Å²) in [6, 6.07) is 2.91. The minimum absolute atomic E-state index is 0.00711. The van der Waals surface area contributed by atoms with E-state index in [1.807, 2.05) is 6.92 Å². The number of hydrogen-bond donors (Lipinski definition) is 1. The van der Waals surface area contributed by atoms with Gasteiger partial charge in [0.15, 0.2) is 0 Å². The molecule has 0 saturated carbocycles. The van der Waals surface area contributed by atoms with Gasteiger partial charge in [0.05, 0.1) is 0 Å². The number of ether oxygens (including phenoxy) is 1. The Bertz CT molecular complexity index is 538.